The van der Waals surface area contributed by atoms with Crippen LogP contribution in [-0.2, 0) is 13.2 Å². The standard InChI is InChI=1S/C12H11BrN2O2/c13-10-3-1-2-9(4-10)8-17-12-6-14-5-11(7-16)15-12/h1-6,16H,7-8H2. The number of halogens is 1. The first-order valence-corrected chi connectivity index (χ1v) is 5.86. The lowest BCUT2D eigenvalue weighted by atomic mass is 10.2. The summed E-state index contributed by atoms with van der Waals surface area (Å²) in [6.07, 6.45) is 3.03. The van der Waals surface area contributed by atoms with E-state index in [9.17, 15) is 0 Å². The molecular formula is C12H11BrN2O2. The zero-order chi connectivity index (χ0) is 12.1. The third-order valence-corrected chi connectivity index (χ3v) is 2.59. The summed E-state index contributed by atoms with van der Waals surface area (Å²) in [7, 11) is 0. The highest BCUT2D eigenvalue weighted by molar-refractivity contribution is 9.10. The summed E-state index contributed by atoms with van der Waals surface area (Å²) >= 11 is 3.39. The van der Waals surface area contributed by atoms with Crippen molar-refractivity contribution in [1.82, 2.24) is 9.97 Å². The Balaban J connectivity index is 2.02. The molecule has 1 heterocycles. The molecule has 5 heteroatoms. The number of aliphatic hydroxyl groups excluding tert-OH is 1. The van der Waals surface area contributed by atoms with Crippen LogP contribution in [0.4, 0.5) is 0 Å². The van der Waals surface area contributed by atoms with E-state index in [0.29, 0.717) is 18.2 Å². The molecular weight excluding hydrogens is 284 g/mol. The fourth-order valence-electron chi connectivity index (χ4n) is 1.32. The lowest BCUT2D eigenvalue weighted by Crippen LogP contribution is -2.00. The molecule has 2 aromatic rings. The quantitative estimate of drug-likeness (QED) is 0.940. The van der Waals surface area contributed by atoms with Gasteiger partial charge in [-0.05, 0) is 17.7 Å². The summed E-state index contributed by atoms with van der Waals surface area (Å²) in [5.74, 6) is 0.413. The van der Waals surface area contributed by atoms with Crippen LogP contribution in [0, 0.1) is 0 Å². The normalized spacial score (nSPS) is 10.2. The van der Waals surface area contributed by atoms with E-state index >= 15 is 0 Å². The van der Waals surface area contributed by atoms with Crippen LogP contribution in [-0.4, -0.2) is 15.1 Å². The molecule has 0 aliphatic rings. The molecule has 88 valence electrons. The average molecular weight is 295 g/mol. The maximum atomic E-state index is 8.92. The molecule has 0 saturated heterocycles. The lowest BCUT2D eigenvalue weighted by Gasteiger charge is -2.06. The molecule has 0 aliphatic carbocycles. The van der Waals surface area contributed by atoms with Gasteiger partial charge in [-0.1, -0.05) is 28.1 Å². The predicted molar refractivity (Wildman–Crippen MR) is 66.4 cm³/mol. The Labute approximate surface area is 107 Å². The van der Waals surface area contributed by atoms with Gasteiger partial charge in [0, 0.05) is 4.47 Å². The van der Waals surface area contributed by atoms with Crippen molar-refractivity contribution in [3.05, 3.63) is 52.4 Å². The van der Waals surface area contributed by atoms with E-state index in [1.54, 1.807) is 0 Å². The maximum Gasteiger partial charge on any atom is 0.232 e. The number of aliphatic hydroxyl groups is 1. The van der Waals surface area contributed by atoms with Crippen molar-refractivity contribution in [3.8, 4) is 5.88 Å². The average Bonchev–Trinajstić information content (AvgIpc) is 2.37. The number of nitrogens with zero attached hydrogens (tertiary/aromatic N) is 2. The van der Waals surface area contributed by atoms with Gasteiger partial charge < -0.3 is 9.84 Å². The van der Waals surface area contributed by atoms with E-state index in [2.05, 4.69) is 25.9 Å². The molecule has 0 saturated carbocycles. The van der Waals surface area contributed by atoms with Crippen LogP contribution in [0.1, 0.15) is 11.3 Å². The summed E-state index contributed by atoms with van der Waals surface area (Å²) in [6, 6.07) is 7.84. The molecule has 4 nitrogen and oxygen atoms in total. The van der Waals surface area contributed by atoms with Gasteiger partial charge in [0.15, 0.2) is 0 Å². The first-order valence-electron chi connectivity index (χ1n) is 5.07. The monoisotopic (exact) mass is 294 g/mol. The summed E-state index contributed by atoms with van der Waals surface area (Å²) < 4.78 is 6.49. The van der Waals surface area contributed by atoms with Crippen molar-refractivity contribution in [2.24, 2.45) is 0 Å². The van der Waals surface area contributed by atoms with Gasteiger partial charge in [-0.2, -0.15) is 0 Å². The van der Waals surface area contributed by atoms with Crippen LogP contribution in [0.2, 0.25) is 0 Å². The zero-order valence-electron chi connectivity index (χ0n) is 9.01. The largest absolute Gasteiger partial charge is 0.472 e. The Kier molecular flexibility index (Phi) is 4.06. The fraction of sp³-hybridized carbons (Fsp3) is 0.167. The second-order valence-electron chi connectivity index (χ2n) is 3.43. The van der Waals surface area contributed by atoms with Gasteiger partial charge >= 0.3 is 0 Å². The molecule has 0 spiro atoms. The molecule has 0 unspecified atom stereocenters. The Morgan fingerprint density at radius 3 is 2.94 bits per heavy atom. The first kappa shape index (κ1) is 12.0. The van der Waals surface area contributed by atoms with Crippen LogP contribution in [0.15, 0.2) is 41.1 Å². The highest BCUT2D eigenvalue weighted by Crippen LogP contribution is 2.14. The van der Waals surface area contributed by atoms with Gasteiger partial charge in [-0.25, -0.2) is 4.98 Å². The number of hydrogen-bond acceptors (Lipinski definition) is 4. The molecule has 1 aromatic carbocycles. The Hall–Kier alpha value is -1.46. The van der Waals surface area contributed by atoms with Gasteiger partial charge in [-0.15, -0.1) is 0 Å². The summed E-state index contributed by atoms with van der Waals surface area (Å²) in [4.78, 5) is 8.01. The fourth-order valence-corrected chi connectivity index (χ4v) is 1.76. The molecule has 2 rings (SSSR count). The van der Waals surface area contributed by atoms with Crippen molar-refractivity contribution < 1.29 is 9.84 Å². The molecule has 0 radical (unpaired) electrons. The minimum atomic E-state index is -0.138. The van der Waals surface area contributed by atoms with E-state index < -0.39 is 0 Å². The highest BCUT2D eigenvalue weighted by Gasteiger charge is 2.00. The van der Waals surface area contributed by atoms with Crippen molar-refractivity contribution in [1.29, 1.82) is 0 Å². The van der Waals surface area contributed by atoms with E-state index in [1.165, 1.54) is 12.4 Å². The van der Waals surface area contributed by atoms with E-state index in [1.807, 2.05) is 24.3 Å². The first-order chi connectivity index (χ1) is 8.28. The predicted octanol–water partition coefficient (Wildman–Crippen LogP) is 2.31. The molecule has 1 N–H and O–H groups in total. The van der Waals surface area contributed by atoms with E-state index in [0.717, 1.165) is 10.0 Å². The van der Waals surface area contributed by atoms with Crippen molar-refractivity contribution >= 4 is 15.9 Å². The Bertz CT molecular complexity index is 505. The molecule has 0 atom stereocenters. The second kappa shape index (κ2) is 5.75. The minimum Gasteiger partial charge on any atom is -0.472 e. The minimum absolute atomic E-state index is 0.138. The zero-order valence-corrected chi connectivity index (χ0v) is 10.6. The van der Waals surface area contributed by atoms with E-state index in [-0.39, 0.29) is 6.61 Å². The summed E-state index contributed by atoms with van der Waals surface area (Å²) in [5, 5.41) is 8.92. The van der Waals surface area contributed by atoms with Crippen LogP contribution in [0.3, 0.4) is 0 Å². The van der Waals surface area contributed by atoms with Gasteiger partial charge in [-0.3, -0.25) is 4.98 Å². The van der Waals surface area contributed by atoms with E-state index in [4.69, 9.17) is 9.84 Å². The number of hydrogen-bond donors (Lipinski definition) is 1. The number of benzene rings is 1. The molecule has 17 heavy (non-hydrogen) atoms. The lowest BCUT2D eigenvalue weighted by molar-refractivity contribution is 0.264. The number of ether oxygens (including phenoxy) is 1. The van der Waals surface area contributed by atoms with Crippen molar-refractivity contribution in [2.45, 2.75) is 13.2 Å². The van der Waals surface area contributed by atoms with Gasteiger partial charge in [0.25, 0.3) is 0 Å². The highest BCUT2D eigenvalue weighted by atomic mass is 79.9. The molecule has 0 bridgehead atoms. The van der Waals surface area contributed by atoms with Gasteiger partial charge in [0.1, 0.15) is 6.61 Å². The van der Waals surface area contributed by atoms with Crippen molar-refractivity contribution in [2.75, 3.05) is 0 Å². The topological polar surface area (TPSA) is 55.2 Å². The van der Waals surface area contributed by atoms with Gasteiger partial charge in [0.2, 0.25) is 5.88 Å². The Morgan fingerprint density at radius 1 is 1.29 bits per heavy atom. The molecule has 0 aliphatic heterocycles. The van der Waals surface area contributed by atoms with Crippen LogP contribution in [0.5, 0.6) is 5.88 Å². The Morgan fingerprint density at radius 2 is 2.18 bits per heavy atom. The van der Waals surface area contributed by atoms with Crippen LogP contribution < -0.4 is 4.74 Å². The number of rotatable bonds is 4. The summed E-state index contributed by atoms with van der Waals surface area (Å²) in [5.41, 5.74) is 1.53. The van der Waals surface area contributed by atoms with Crippen molar-refractivity contribution in [3.63, 3.8) is 0 Å². The maximum absolute atomic E-state index is 8.92. The second-order valence-corrected chi connectivity index (χ2v) is 4.34. The smallest absolute Gasteiger partial charge is 0.232 e. The molecule has 1 aromatic heterocycles. The summed E-state index contributed by atoms with van der Waals surface area (Å²) in [6.45, 7) is 0.282. The van der Waals surface area contributed by atoms with Gasteiger partial charge in [0.05, 0.1) is 24.7 Å². The number of aromatic nitrogens is 2. The molecule has 0 fully saturated rings. The third-order valence-electron chi connectivity index (χ3n) is 2.10. The third kappa shape index (κ3) is 3.51. The molecule has 0 amide bonds. The SMILES string of the molecule is OCc1cncc(OCc2cccc(Br)c2)n1. The van der Waals surface area contributed by atoms with Crippen LogP contribution >= 0.6 is 15.9 Å². The van der Waals surface area contributed by atoms with Crippen LogP contribution in [0.25, 0.3) is 0 Å².